The van der Waals surface area contributed by atoms with E-state index in [0.717, 1.165) is 75.4 Å². The molecule has 0 N–H and O–H groups in total. The van der Waals surface area contributed by atoms with Crippen molar-refractivity contribution in [2.24, 2.45) is 0 Å². The number of unbranched alkanes of at least 4 members (excludes halogenated alkanes) is 2. The maximum Gasteiger partial charge on any atom is 0.338 e. The lowest BCUT2D eigenvalue weighted by Crippen LogP contribution is -2.11. The number of carbonyl (C=O) groups excluding carboxylic acids is 2. The Hall–Kier alpha value is -2.10. The van der Waals surface area contributed by atoms with E-state index in [4.69, 9.17) is 9.47 Å². The van der Waals surface area contributed by atoms with Crippen molar-refractivity contribution in [1.82, 2.24) is 0 Å². The molecule has 2 aliphatic carbocycles. The Balaban J connectivity index is 0.000000161. The highest BCUT2D eigenvalue weighted by molar-refractivity contribution is 5.96. The van der Waals surface area contributed by atoms with E-state index >= 15 is 0 Å². The fourth-order valence-corrected chi connectivity index (χ4v) is 4.20. The molecular weight excluding hydrogens is 352 g/mol. The lowest BCUT2D eigenvalue weighted by atomic mass is 9.93. The first kappa shape index (κ1) is 20.6. The third kappa shape index (κ3) is 4.65. The molecule has 4 heteroatoms. The number of hydrogen-bond donors (Lipinski definition) is 0. The van der Waals surface area contributed by atoms with E-state index < -0.39 is 0 Å². The van der Waals surface area contributed by atoms with E-state index in [-0.39, 0.29) is 24.1 Å². The Morgan fingerprint density at radius 1 is 0.786 bits per heavy atom. The highest BCUT2D eigenvalue weighted by Gasteiger charge is 2.33. The van der Waals surface area contributed by atoms with Crippen molar-refractivity contribution in [2.75, 3.05) is 0 Å². The van der Waals surface area contributed by atoms with Crippen LogP contribution in [0.5, 0.6) is 0 Å². The van der Waals surface area contributed by atoms with Gasteiger partial charge in [-0.2, -0.15) is 0 Å². The van der Waals surface area contributed by atoms with Gasteiger partial charge in [-0.25, -0.2) is 9.59 Å². The normalized spacial score (nSPS) is 25.2. The summed E-state index contributed by atoms with van der Waals surface area (Å²) in [5, 5.41) is 0. The summed E-state index contributed by atoms with van der Waals surface area (Å²) in [4.78, 5) is 22.9. The zero-order valence-corrected chi connectivity index (χ0v) is 17.2. The van der Waals surface area contributed by atoms with Crippen molar-refractivity contribution < 1.29 is 19.1 Å². The summed E-state index contributed by atoms with van der Waals surface area (Å²) < 4.78 is 10.7. The van der Waals surface area contributed by atoms with Crippen LogP contribution in [0.15, 0.2) is 46.6 Å². The average molecular weight is 385 g/mol. The number of cyclic esters (lactones) is 2. The van der Waals surface area contributed by atoms with Crippen molar-refractivity contribution in [3.63, 3.8) is 0 Å². The Bertz CT molecular complexity index is 661. The Morgan fingerprint density at radius 3 is 1.61 bits per heavy atom. The Morgan fingerprint density at radius 2 is 1.21 bits per heavy atom. The van der Waals surface area contributed by atoms with Crippen LogP contribution in [0.2, 0.25) is 0 Å². The SMILES string of the molecule is CCCCC1OC(=O)C2=C1CCC=C2.CCCCC1OC(=O)C2=C1CCC=C2. The number of carbonyl (C=O) groups is 2. The van der Waals surface area contributed by atoms with Crippen molar-refractivity contribution >= 4 is 11.9 Å². The molecular formula is C24H32O4. The van der Waals surface area contributed by atoms with Crippen LogP contribution in [0.1, 0.15) is 78.1 Å². The van der Waals surface area contributed by atoms with Gasteiger partial charge in [0.15, 0.2) is 0 Å². The van der Waals surface area contributed by atoms with E-state index in [9.17, 15) is 9.59 Å². The molecule has 0 spiro atoms. The van der Waals surface area contributed by atoms with Crippen LogP contribution in [-0.4, -0.2) is 24.1 Å². The van der Waals surface area contributed by atoms with Crippen molar-refractivity contribution in [3.05, 3.63) is 46.6 Å². The number of ether oxygens (including phenoxy) is 2. The van der Waals surface area contributed by atoms with Gasteiger partial charge in [0.05, 0.1) is 11.1 Å². The maximum absolute atomic E-state index is 11.5. The van der Waals surface area contributed by atoms with Crippen molar-refractivity contribution in [1.29, 1.82) is 0 Å². The molecule has 4 nitrogen and oxygen atoms in total. The van der Waals surface area contributed by atoms with Gasteiger partial charge in [-0.3, -0.25) is 0 Å². The third-order valence-corrected chi connectivity index (χ3v) is 5.78. The molecule has 0 radical (unpaired) electrons. The molecule has 0 saturated carbocycles. The topological polar surface area (TPSA) is 52.6 Å². The summed E-state index contributed by atoms with van der Waals surface area (Å²) in [7, 11) is 0. The van der Waals surface area contributed by atoms with Crippen molar-refractivity contribution in [3.8, 4) is 0 Å². The van der Waals surface area contributed by atoms with Gasteiger partial charge >= 0.3 is 11.9 Å². The van der Waals surface area contributed by atoms with Crippen LogP contribution < -0.4 is 0 Å². The molecule has 2 heterocycles. The summed E-state index contributed by atoms with van der Waals surface area (Å²) in [5.74, 6) is -0.228. The molecule has 0 saturated heterocycles. The van der Waals surface area contributed by atoms with E-state index in [0.29, 0.717) is 0 Å². The number of rotatable bonds is 6. The average Bonchev–Trinajstić information content (AvgIpc) is 3.23. The van der Waals surface area contributed by atoms with Crippen LogP contribution in [0, 0.1) is 0 Å². The second-order valence-electron chi connectivity index (χ2n) is 7.83. The van der Waals surface area contributed by atoms with Crippen LogP contribution in [-0.2, 0) is 19.1 Å². The standard InChI is InChI=1S/2C12H16O2/c2*1-2-3-8-11-9-6-4-5-7-10(9)12(13)14-11/h2*5,7,11H,2-4,6,8H2,1H3. The number of allylic oxidation sites excluding steroid dienone is 2. The first-order chi connectivity index (χ1) is 13.7. The Labute approximate surface area is 168 Å². The van der Waals surface area contributed by atoms with Crippen LogP contribution in [0.3, 0.4) is 0 Å². The van der Waals surface area contributed by atoms with Gasteiger partial charge in [-0.15, -0.1) is 0 Å². The summed E-state index contributed by atoms with van der Waals surface area (Å²) in [6.45, 7) is 4.32. The van der Waals surface area contributed by atoms with Gasteiger partial charge in [0, 0.05) is 0 Å². The minimum atomic E-state index is -0.114. The lowest BCUT2D eigenvalue weighted by molar-refractivity contribution is -0.140. The van der Waals surface area contributed by atoms with Gasteiger partial charge in [-0.1, -0.05) is 51.0 Å². The maximum atomic E-state index is 11.5. The van der Waals surface area contributed by atoms with Gasteiger partial charge in [0.1, 0.15) is 12.2 Å². The fraction of sp³-hybridized carbons (Fsp3) is 0.583. The molecule has 2 aliphatic heterocycles. The van der Waals surface area contributed by atoms with Gasteiger partial charge in [-0.05, 0) is 62.5 Å². The predicted octanol–water partition coefficient (Wildman–Crippen LogP) is 5.50. The second kappa shape index (κ2) is 9.90. The molecule has 0 aromatic heterocycles. The second-order valence-corrected chi connectivity index (χ2v) is 7.83. The molecule has 0 fully saturated rings. The highest BCUT2D eigenvalue weighted by Crippen LogP contribution is 2.34. The molecule has 4 rings (SSSR count). The minimum absolute atomic E-state index is 0.0856. The largest absolute Gasteiger partial charge is 0.454 e. The summed E-state index contributed by atoms with van der Waals surface area (Å²) in [6, 6.07) is 0. The van der Waals surface area contributed by atoms with E-state index in [1.165, 1.54) is 11.1 Å². The molecule has 28 heavy (non-hydrogen) atoms. The molecule has 2 unspecified atom stereocenters. The van der Waals surface area contributed by atoms with Gasteiger partial charge < -0.3 is 9.47 Å². The summed E-state index contributed by atoms with van der Waals surface area (Å²) in [5.41, 5.74) is 4.15. The minimum Gasteiger partial charge on any atom is -0.454 e. The number of hydrogen-bond acceptors (Lipinski definition) is 4. The smallest absolute Gasteiger partial charge is 0.338 e. The molecule has 4 aliphatic rings. The molecule has 0 bridgehead atoms. The third-order valence-electron chi connectivity index (χ3n) is 5.78. The van der Waals surface area contributed by atoms with Crippen LogP contribution in [0.25, 0.3) is 0 Å². The monoisotopic (exact) mass is 384 g/mol. The van der Waals surface area contributed by atoms with E-state index in [1.807, 2.05) is 12.2 Å². The van der Waals surface area contributed by atoms with Crippen molar-refractivity contribution in [2.45, 2.75) is 90.3 Å². The molecule has 0 aromatic carbocycles. The number of esters is 2. The van der Waals surface area contributed by atoms with Crippen LogP contribution in [0.4, 0.5) is 0 Å². The fourth-order valence-electron chi connectivity index (χ4n) is 4.20. The molecule has 0 amide bonds. The predicted molar refractivity (Wildman–Crippen MR) is 110 cm³/mol. The molecule has 2 atom stereocenters. The van der Waals surface area contributed by atoms with E-state index in [1.54, 1.807) is 0 Å². The quantitative estimate of drug-likeness (QED) is 0.568. The summed E-state index contributed by atoms with van der Waals surface area (Å²) >= 11 is 0. The highest BCUT2D eigenvalue weighted by atomic mass is 16.6. The van der Waals surface area contributed by atoms with E-state index in [2.05, 4.69) is 26.0 Å². The summed E-state index contributed by atoms with van der Waals surface area (Å²) in [6.07, 6.45) is 18.8. The lowest BCUT2D eigenvalue weighted by Gasteiger charge is -2.13. The zero-order valence-electron chi connectivity index (χ0n) is 17.2. The first-order valence-corrected chi connectivity index (χ1v) is 10.9. The van der Waals surface area contributed by atoms with Gasteiger partial charge in [0.25, 0.3) is 0 Å². The Kier molecular flexibility index (Phi) is 7.30. The first-order valence-electron chi connectivity index (χ1n) is 10.9. The zero-order chi connectivity index (χ0) is 19.9. The van der Waals surface area contributed by atoms with Crippen LogP contribution >= 0.6 is 0 Å². The molecule has 0 aromatic rings. The molecule has 152 valence electrons. The van der Waals surface area contributed by atoms with Gasteiger partial charge in [0.2, 0.25) is 0 Å².